The minimum Gasteiger partial charge on any atom is -0.496 e. The maximum absolute atomic E-state index is 11.5. The molecule has 86 valence electrons. The third kappa shape index (κ3) is 2.51. The third-order valence-electron chi connectivity index (χ3n) is 2.48. The third-order valence-corrected chi connectivity index (χ3v) is 2.48. The Balaban J connectivity index is 3.32. The van der Waals surface area contributed by atoms with Gasteiger partial charge in [0, 0.05) is 11.1 Å². The molecule has 0 bridgehead atoms. The number of hydrogen-bond donors (Lipinski definition) is 0. The molecule has 16 heavy (non-hydrogen) atoms. The molecule has 0 aliphatic carbocycles. The lowest BCUT2D eigenvalue weighted by molar-refractivity contribution is 0.104. The zero-order chi connectivity index (χ0) is 12.3. The Labute approximate surface area is 96.9 Å². The van der Waals surface area contributed by atoms with Crippen LogP contribution in [0.25, 0.3) is 0 Å². The normalized spacial score (nSPS) is 11.0. The van der Waals surface area contributed by atoms with Gasteiger partial charge in [0.25, 0.3) is 0 Å². The highest BCUT2D eigenvalue weighted by atomic mass is 16.5. The molecule has 1 aromatic carbocycles. The van der Waals surface area contributed by atoms with Gasteiger partial charge in [0.05, 0.1) is 7.11 Å². The minimum atomic E-state index is -0.0619. The molecule has 1 rings (SSSR count). The van der Waals surface area contributed by atoms with Crippen molar-refractivity contribution in [2.24, 2.45) is 0 Å². The van der Waals surface area contributed by atoms with Crippen LogP contribution in [0.3, 0.4) is 0 Å². The summed E-state index contributed by atoms with van der Waals surface area (Å²) < 4.78 is 5.30. The number of rotatable bonds is 3. The van der Waals surface area contributed by atoms with Crippen molar-refractivity contribution in [2.45, 2.75) is 26.2 Å². The van der Waals surface area contributed by atoms with E-state index in [-0.39, 0.29) is 11.2 Å². The highest BCUT2D eigenvalue weighted by molar-refractivity contribution is 6.04. The zero-order valence-electron chi connectivity index (χ0n) is 10.3. The molecule has 0 N–H and O–H groups in total. The van der Waals surface area contributed by atoms with E-state index in [0.717, 1.165) is 11.3 Å². The average molecular weight is 218 g/mol. The highest BCUT2D eigenvalue weighted by Crippen LogP contribution is 2.32. The molecular weight excluding hydrogens is 200 g/mol. The second-order valence-electron chi connectivity index (χ2n) is 4.73. The summed E-state index contributed by atoms with van der Waals surface area (Å²) >= 11 is 0. The van der Waals surface area contributed by atoms with E-state index in [1.165, 1.54) is 6.08 Å². The predicted octanol–water partition coefficient (Wildman–Crippen LogP) is 3.36. The number of allylic oxidation sites excluding steroid dienone is 1. The molecule has 2 heteroatoms. The molecule has 0 heterocycles. The number of ketones is 1. The molecular formula is C14H18O2. The summed E-state index contributed by atoms with van der Waals surface area (Å²) in [5, 5.41) is 0. The number of benzene rings is 1. The molecule has 0 atom stereocenters. The van der Waals surface area contributed by atoms with Crippen LogP contribution in [0.5, 0.6) is 5.75 Å². The Hall–Kier alpha value is -1.57. The van der Waals surface area contributed by atoms with Crippen molar-refractivity contribution < 1.29 is 9.53 Å². The van der Waals surface area contributed by atoms with Crippen molar-refractivity contribution in [2.75, 3.05) is 7.11 Å². The summed E-state index contributed by atoms with van der Waals surface area (Å²) in [6.45, 7) is 9.76. The molecule has 0 radical (unpaired) electrons. The van der Waals surface area contributed by atoms with Gasteiger partial charge in [-0.05, 0) is 29.7 Å². The second-order valence-corrected chi connectivity index (χ2v) is 4.73. The van der Waals surface area contributed by atoms with Crippen molar-refractivity contribution in [3.05, 3.63) is 42.0 Å². The van der Waals surface area contributed by atoms with Gasteiger partial charge in [-0.2, -0.15) is 0 Å². The maximum Gasteiger partial charge on any atom is 0.185 e. The molecule has 0 saturated heterocycles. The van der Waals surface area contributed by atoms with Crippen LogP contribution < -0.4 is 4.74 Å². The first-order valence-electron chi connectivity index (χ1n) is 5.25. The molecule has 0 fully saturated rings. The van der Waals surface area contributed by atoms with Gasteiger partial charge in [-0.25, -0.2) is 0 Å². The standard InChI is InChI=1S/C14H18O2/c1-6-12(15)10-7-8-13(16-5)11(9-10)14(2,3)4/h6-9H,1H2,2-5H3. The summed E-state index contributed by atoms with van der Waals surface area (Å²) in [5.41, 5.74) is 1.63. The van der Waals surface area contributed by atoms with E-state index < -0.39 is 0 Å². The van der Waals surface area contributed by atoms with Crippen molar-refractivity contribution >= 4 is 5.78 Å². The Kier molecular flexibility index (Phi) is 3.53. The molecule has 0 aliphatic heterocycles. The largest absolute Gasteiger partial charge is 0.496 e. The smallest absolute Gasteiger partial charge is 0.185 e. The van der Waals surface area contributed by atoms with Gasteiger partial charge >= 0.3 is 0 Å². The van der Waals surface area contributed by atoms with E-state index in [4.69, 9.17) is 4.74 Å². The van der Waals surface area contributed by atoms with Gasteiger partial charge in [0.15, 0.2) is 5.78 Å². The van der Waals surface area contributed by atoms with Crippen molar-refractivity contribution in [1.29, 1.82) is 0 Å². The fourth-order valence-electron chi connectivity index (χ4n) is 1.57. The molecule has 0 spiro atoms. The van der Waals surface area contributed by atoms with Crippen LogP contribution in [0, 0.1) is 0 Å². The maximum atomic E-state index is 11.5. The first kappa shape index (κ1) is 12.5. The lowest BCUT2D eigenvalue weighted by Gasteiger charge is -2.22. The Morgan fingerprint density at radius 1 is 1.38 bits per heavy atom. The van der Waals surface area contributed by atoms with E-state index in [9.17, 15) is 4.79 Å². The van der Waals surface area contributed by atoms with Crippen molar-refractivity contribution in [1.82, 2.24) is 0 Å². The van der Waals surface area contributed by atoms with Gasteiger partial charge in [-0.1, -0.05) is 27.4 Å². The Morgan fingerprint density at radius 2 is 2.00 bits per heavy atom. The van der Waals surface area contributed by atoms with E-state index in [0.29, 0.717) is 5.56 Å². The zero-order valence-corrected chi connectivity index (χ0v) is 10.3. The Morgan fingerprint density at radius 3 is 2.44 bits per heavy atom. The fraction of sp³-hybridized carbons (Fsp3) is 0.357. The van der Waals surface area contributed by atoms with Gasteiger partial charge in [0.1, 0.15) is 5.75 Å². The molecule has 2 nitrogen and oxygen atoms in total. The SMILES string of the molecule is C=CC(=O)c1ccc(OC)c(C(C)(C)C)c1. The number of methoxy groups -OCH3 is 1. The lowest BCUT2D eigenvalue weighted by atomic mass is 9.85. The molecule has 0 amide bonds. The van der Waals surface area contributed by atoms with E-state index >= 15 is 0 Å². The predicted molar refractivity (Wildman–Crippen MR) is 66.2 cm³/mol. The van der Waals surface area contributed by atoms with Crippen LogP contribution in [0.2, 0.25) is 0 Å². The average Bonchev–Trinajstić information content (AvgIpc) is 2.26. The minimum absolute atomic E-state index is 0.0528. The van der Waals surface area contributed by atoms with Crippen molar-refractivity contribution in [3.8, 4) is 5.75 Å². The molecule has 0 aromatic heterocycles. The highest BCUT2D eigenvalue weighted by Gasteiger charge is 2.20. The Bertz CT molecular complexity index is 411. The summed E-state index contributed by atoms with van der Waals surface area (Å²) in [6.07, 6.45) is 1.33. The number of carbonyl (C=O) groups is 1. The first-order valence-corrected chi connectivity index (χ1v) is 5.25. The topological polar surface area (TPSA) is 26.3 Å². The van der Waals surface area contributed by atoms with Gasteiger partial charge in [-0.15, -0.1) is 0 Å². The number of carbonyl (C=O) groups excluding carboxylic acids is 1. The number of hydrogen-bond acceptors (Lipinski definition) is 2. The summed E-state index contributed by atoms with van der Waals surface area (Å²) in [6, 6.07) is 5.47. The van der Waals surface area contributed by atoms with E-state index in [1.807, 2.05) is 12.1 Å². The molecule has 1 aromatic rings. The van der Waals surface area contributed by atoms with Crippen LogP contribution in [0.1, 0.15) is 36.7 Å². The first-order chi connectivity index (χ1) is 7.40. The van der Waals surface area contributed by atoms with Gasteiger partial charge in [0.2, 0.25) is 0 Å². The van der Waals surface area contributed by atoms with Gasteiger partial charge in [-0.3, -0.25) is 4.79 Å². The van der Waals surface area contributed by atoms with Crippen LogP contribution in [0.15, 0.2) is 30.9 Å². The van der Waals surface area contributed by atoms with E-state index in [2.05, 4.69) is 27.4 Å². The van der Waals surface area contributed by atoms with Crippen molar-refractivity contribution in [3.63, 3.8) is 0 Å². The summed E-state index contributed by atoms with van der Waals surface area (Å²) in [5.74, 6) is 0.751. The fourth-order valence-corrected chi connectivity index (χ4v) is 1.57. The quantitative estimate of drug-likeness (QED) is 0.574. The molecule has 0 saturated carbocycles. The second kappa shape index (κ2) is 4.52. The monoisotopic (exact) mass is 218 g/mol. The van der Waals surface area contributed by atoms with Crippen LogP contribution in [-0.2, 0) is 5.41 Å². The number of ether oxygens (including phenoxy) is 1. The van der Waals surface area contributed by atoms with E-state index in [1.54, 1.807) is 13.2 Å². The van der Waals surface area contributed by atoms with Crippen LogP contribution >= 0.6 is 0 Å². The van der Waals surface area contributed by atoms with Crippen LogP contribution in [-0.4, -0.2) is 12.9 Å². The van der Waals surface area contributed by atoms with Crippen LogP contribution in [0.4, 0.5) is 0 Å². The lowest BCUT2D eigenvalue weighted by Crippen LogP contribution is -2.14. The molecule has 0 unspecified atom stereocenters. The summed E-state index contributed by atoms with van der Waals surface area (Å²) in [4.78, 5) is 11.5. The summed E-state index contributed by atoms with van der Waals surface area (Å²) in [7, 11) is 1.64. The van der Waals surface area contributed by atoms with Gasteiger partial charge < -0.3 is 4.74 Å². The molecule has 0 aliphatic rings.